The number of aromatic carboxylic acids is 1. The van der Waals surface area contributed by atoms with Gasteiger partial charge in [0.25, 0.3) is 0 Å². The van der Waals surface area contributed by atoms with Gasteiger partial charge >= 0.3 is 5.97 Å². The first-order valence-electron chi connectivity index (χ1n) is 6.34. The molecule has 0 saturated heterocycles. The van der Waals surface area contributed by atoms with Crippen LogP contribution in [-0.2, 0) is 5.41 Å². The summed E-state index contributed by atoms with van der Waals surface area (Å²) in [6.45, 7) is 8.16. The zero-order chi connectivity index (χ0) is 14.9. The van der Waals surface area contributed by atoms with Crippen LogP contribution >= 0.6 is 11.3 Å². The van der Waals surface area contributed by atoms with Crippen LogP contribution in [0.2, 0.25) is 0 Å². The van der Waals surface area contributed by atoms with Crippen molar-refractivity contribution >= 4 is 28.1 Å². The Morgan fingerprint density at radius 3 is 2.55 bits per heavy atom. The van der Waals surface area contributed by atoms with Crippen LogP contribution in [0.3, 0.4) is 0 Å². The minimum absolute atomic E-state index is 0.0273. The SMILES string of the molecule is Cc1cc(Nc2nc(C(C)(C)C)cs2)ccc1C(=O)O. The average molecular weight is 290 g/mol. The number of thiazole rings is 1. The van der Waals surface area contributed by atoms with Crippen LogP contribution in [0.15, 0.2) is 23.6 Å². The number of anilines is 2. The van der Waals surface area contributed by atoms with Crippen molar-refractivity contribution in [3.8, 4) is 0 Å². The Balaban J connectivity index is 2.20. The van der Waals surface area contributed by atoms with Crippen LogP contribution in [0.5, 0.6) is 0 Å². The molecule has 2 aromatic rings. The van der Waals surface area contributed by atoms with Gasteiger partial charge in [-0.15, -0.1) is 11.3 Å². The van der Waals surface area contributed by atoms with Gasteiger partial charge in [-0.25, -0.2) is 9.78 Å². The number of hydrogen-bond donors (Lipinski definition) is 2. The Kier molecular flexibility index (Phi) is 3.81. The second kappa shape index (κ2) is 5.25. The fraction of sp³-hybridized carbons (Fsp3) is 0.333. The van der Waals surface area contributed by atoms with E-state index in [9.17, 15) is 4.79 Å². The topological polar surface area (TPSA) is 62.2 Å². The molecular weight excluding hydrogens is 272 g/mol. The standard InChI is InChI=1S/C15H18N2O2S/c1-9-7-10(5-6-11(9)13(18)19)16-14-17-12(8-20-14)15(2,3)4/h5-8H,1-4H3,(H,16,17)(H,18,19). The van der Waals surface area contributed by atoms with Crippen molar-refractivity contribution < 1.29 is 9.90 Å². The molecule has 1 aromatic heterocycles. The summed E-state index contributed by atoms with van der Waals surface area (Å²) in [5, 5.41) is 15.1. The smallest absolute Gasteiger partial charge is 0.335 e. The number of nitrogens with zero attached hydrogens (tertiary/aromatic N) is 1. The number of benzene rings is 1. The molecule has 1 heterocycles. The minimum atomic E-state index is -0.904. The predicted molar refractivity (Wildman–Crippen MR) is 82.2 cm³/mol. The van der Waals surface area contributed by atoms with Crippen molar-refractivity contribution in [3.05, 3.63) is 40.4 Å². The summed E-state index contributed by atoms with van der Waals surface area (Å²) < 4.78 is 0. The van der Waals surface area contributed by atoms with E-state index >= 15 is 0 Å². The Morgan fingerprint density at radius 2 is 2.05 bits per heavy atom. The third-order valence-electron chi connectivity index (χ3n) is 2.98. The van der Waals surface area contributed by atoms with Gasteiger partial charge in [0, 0.05) is 16.5 Å². The van der Waals surface area contributed by atoms with Crippen LogP contribution in [0.25, 0.3) is 0 Å². The number of aromatic nitrogens is 1. The van der Waals surface area contributed by atoms with E-state index in [1.54, 1.807) is 30.4 Å². The van der Waals surface area contributed by atoms with Crippen molar-refractivity contribution in [2.75, 3.05) is 5.32 Å². The summed E-state index contributed by atoms with van der Waals surface area (Å²) in [5.74, 6) is -0.904. The minimum Gasteiger partial charge on any atom is -0.478 e. The van der Waals surface area contributed by atoms with E-state index in [4.69, 9.17) is 5.11 Å². The lowest BCUT2D eigenvalue weighted by Crippen LogP contribution is -2.11. The van der Waals surface area contributed by atoms with Gasteiger partial charge in [-0.2, -0.15) is 0 Å². The van der Waals surface area contributed by atoms with E-state index in [0.29, 0.717) is 5.56 Å². The fourth-order valence-electron chi connectivity index (χ4n) is 1.78. The Bertz CT molecular complexity index is 642. The predicted octanol–water partition coefficient (Wildman–Crippen LogP) is 4.19. The summed E-state index contributed by atoms with van der Waals surface area (Å²) in [6.07, 6.45) is 0. The zero-order valence-corrected chi connectivity index (χ0v) is 12.8. The van der Waals surface area contributed by atoms with E-state index < -0.39 is 5.97 Å². The van der Waals surface area contributed by atoms with Crippen molar-refractivity contribution in [1.29, 1.82) is 0 Å². The maximum Gasteiger partial charge on any atom is 0.335 e. The van der Waals surface area contributed by atoms with Crippen molar-refractivity contribution in [3.63, 3.8) is 0 Å². The highest BCUT2D eigenvalue weighted by Crippen LogP contribution is 2.28. The molecule has 5 heteroatoms. The molecule has 0 bridgehead atoms. The molecule has 0 aliphatic carbocycles. The van der Waals surface area contributed by atoms with Crippen LogP contribution in [0, 0.1) is 6.92 Å². The van der Waals surface area contributed by atoms with E-state index in [1.165, 1.54) is 0 Å². The van der Waals surface area contributed by atoms with Gasteiger partial charge in [0.2, 0.25) is 0 Å². The van der Waals surface area contributed by atoms with E-state index in [0.717, 1.165) is 22.1 Å². The number of nitrogens with one attached hydrogen (secondary N) is 1. The average Bonchev–Trinajstić information content (AvgIpc) is 2.76. The number of carbonyl (C=O) groups is 1. The van der Waals surface area contributed by atoms with Crippen molar-refractivity contribution in [2.24, 2.45) is 0 Å². The largest absolute Gasteiger partial charge is 0.478 e. The number of carboxylic acid groups (broad SMARTS) is 1. The Morgan fingerprint density at radius 1 is 1.35 bits per heavy atom. The van der Waals surface area contributed by atoms with Gasteiger partial charge < -0.3 is 10.4 Å². The summed E-state index contributed by atoms with van der Waals surface area (Å²) in [7, 11) is 0. The fourth-order valence-corrected chi connectivity index (χ4v) is 2.74. The lowest BCUT2D eigenvalue weighted by atomic mass is 9.93. The number of carboxylic acids is 1. The lowest BCUT2D eigenvalue weighted by molar-refractivity contribution is 0.0696. The summed E-state index contributed by atoms with van der Waals surface area (Å²) in [4.78, 5) is 15.5. The normalized spacial score (nSPS) is 11.4. The summed E-state index contributed by atoms with van der Waals surface area (Å²) >= 11 is 1.55. The van der Waals surface area contributed by atoms with Crippen LogP contribution in [0.4, 0.5) is 10.8 Å². The molecule has 20 heavy (non-hydrogen) atoms. The van der Waals surface area contributed by atoms with Gasteiger partial charge in [-0.3, -0.25) is 0 Å². The molecule has 0 fully saturated rings. The molecule has 0 atom stereocenters. The van der Waals surface area contributed by atoms with Gasteiger partial charge in [0.05, 0.1) is 11.3 Å². The van der Waals surface area contributed by atoms with Gasteiger partial charge in [0.1, 0.15) is 0 Å². The summed E-state index contributed by atoms with van der Waals surface area (Å²) in [5.41, 5.74) is 2.98. The molecule has 0 aliphatic rings. The first-order chi connectivity index (χ1) is 9.27. The number of aryl methyl sites for hydroxylation is 1. The lowest BCUT2D eigenvalue weighted by Gasteiger charge is -2.14. The van der Waals surface area contributed by atoms with E-state index in [2.05, 4.69) is 31.1 Å². The van der Waals surface area contributed by atoms with Crippen molar-refractivity contribution in [1.82, 2.24) is 4.98 Å². The molecule has 0 amide bonds. The van der Waals surface area contributed by atoms with Crippen LogP contribution in [0.1, 0.15) is 42.4 Å². The Labute approximate surface area is 122 Å². The molecule has 0 radical (unpaired) electrons. The molecule has 0 aliphatic heterocycles. The van der Waals surface area contributed by atoms with Crippen LogP contribution in [-0.4, -0.2) is 16.1 Å². The Hall–Kier alpha value is -1.88. The number of hydrogen-bond acceptors (Lipinski definition) is 4. The zero-order valence-electron chi connectivity index (χ0n) is 12.0. The molecule has 0 unspecified atom stereocenters. The molecular formula is C15H18N2O2S. The first kappa shape index (κ1) is 14.5. The van der Waals surface area contributed by atoms with Gasteiger partial charge in [0.15, 0.2) is 5.13 Å². The highest BCUT2D eigenvalue weighted by atomic mass is 32.1. The second-order valence-electron chi connectivity index (χ2n) is 5.75. The monoisotopic (exact) mass is 290 g/mol. The molecule has 106 valence electrons. The molecule has 4 nitrogen and oxygen atoms in total. The molecule has 2 rings (SSSR count). The quantitative estimate of drug-likeness (QED) is 0.889. The van der Waals surface area contributed by atoms with Crippen LogP contribution < -0.4 is 5.32 Å². The molecule has 0 saturated carbocycles. The maximum absolute atomic E-state index is 11.0. The molecule has 2 N–H and O–H groups in total. The first-order valence-corrected chi connectivity index (χ1v) is 7.22. The highest BCUT2D eigenvalue weighted by molar-refractivity contribution is 7.13. The van der Waals surface area contributed by atoms with Gasteiger partial charge in [-0.1, -0.05) is 20.8 Å². The highest BCUT2D eigenvalue weighted by Gasteiger charge is 2.17. The van der Waals surface area contributed by atoms with Gasteiger partial charge in [-0.05, 0) is 30.7 Å². The third-order valence-corrected chi connectivity index (χ3v) is 3.74. The van der Waals surface area contributed by atoms with Crippen molar-refractivity contribution in [2.45, 2.75) is 33.1 Å². The van der Waals surface area contributed by atoms with E-state index in [-0.39, 0.29) is 5.41 Å². The number of rotatable bonds is 3. The van der Waals surface area contributed by atoms with E-state index in [1.807, 2.05) is 11.4 Å². The third kappa shape index (κ3) is 3.17. The summed E-state index contributed by atoms with van der Waals surface area (Å²) in [6, 6.07) is 5.19. The molecule has 0 spiro atoms. The molecule has 1 aromatic carbocycles. The maximum atomic E-state index is 11.0. The second-order valence-corrected chi connectivity index (χ2v) is 6.61.